The predicted octanol–water partition coefficient (Wildman–Crippen LogP) is 3.57. The number of halogens is 1. The summed E-state index contributed by atoms with van der Waals surface area (Å²) in [5.41, 5.74) is 0.958. The molecule has 0 heterocycles. The highest BCUT2D eigenvalue weighted by molar-refractivity contribution is 14.1. The van der Waals surface area contributed by atoms with Crippen molar-refractivity contribution in [2.45, 2.75) is 24.8 Å². The number of anilines is 1. The fourth-order valence-electron chi connectivity index (χ4n) is 1.98. The van der Waals surface area contributed by atoms with Crippen LogP contribution < -0.4 is 5.32 Å². The average molecular weight is 458 g/mol. The van der Waals surface area contributed by atoms with E-state index in [0.29, 0.717) is 11.3 Å². The Morgan fingerprint density at radius 3 is 2.33 bits per heavy atom. The van der Waals surface area contributed by atoms with E-state index in [0.717, 1.165) is 3.57 Å². The van der Waals surface area contributed by atoms with Crippen molar-refractivity contribution in [2.24, 2.45) is 0 Å². The minimum absolute atomic E-state index is 0.106. The third kappa shape index (κ3) is 4.34. The molecule has 2 aromatic carbocycles. The molecule has 1 N–H and O–H groups in total. The molecule has 0 spiro atoms. The number of nitrogens with one attached hydrogen (secondary N) is 1. The fraction of sp³-hybridized carbons (Fsp3) is 0.235. The summed E-state index contributed by atoms with van der Waals surface area (Å²) in [6.45, 7) is 3.59. The number of hydrogen-bond donors (Lipinski definition) is 1. The second-order valence-corrected chi connectivity index (χ2v) is 8.85. The Morgan fingerprint density at radius 1 is 1.12 bits per heavy atom. The van der Waals surface area contributed by atoms with Crippen molar-refractivity contribution in [1.29, 1.82) is 0 Å². The first-order valence-electron chi connectivity index (χ1n) is 7.37. The van der Waals surface area contributed by atoms with E-state index >= 15 is 0 Å². The number of sulfonamides is 1. The van der Waals surface area contributed by atoms with Crippen molar-refractivity contribution in [2.75, 3.05) is 12.4 Å². The van der Waals surface area contributed by atoms with Crippen LogP contribution in [0, 0.1) is 3.57 Å². The average Bonchev–Trinajstić information content (AvgIpc) is 2.56. The molecule has 0 saturated heterocycles. The summed E-state index contributed by atoms with van der Waals surface area (Å²) < 4.78 is 27.4. The lowest BCUT2D eigenvalue weighted by Gasteiger charge is -2.21. The van der Waals surface area contributed by atoms with E-state index in [1.165, 1.54) is 23.5 Å². The second kappa shape index (κ2) is 7.62. The molecule has 0 aliphatic rings. The van der Waals surface area contributed by atoms with Gasteiger partial charge in [-0.25, -0.2) is 8.42 Å². The van der Waals surface area contributed by atoms with Crippen molar-refractivity contribution in [3.8, 4) is 0 Å². The number of rotatable bonds is 5. The van der Waals surface area contributed by atoms with Gasteiger partial charge in [0, 0.05) is 27.9 Å². The summed E-state index contributed by atoms with van der Waals surface area (Å²) in [6, 6.07) is 13.3. The predicted molar refractivity (Wildman–Crippen MR) is 104 cm³/mol. The molecular weight excluding hydrogens is 439 g/mol. The molecule has 2 aromatic rings. The van der Waals surface area contributed by atoms with Crippen LogP contribution in [0.2, 0.25) is 0 Å². The van der Waals surface area contributed by atoms with Gasteiger partial charge in [-0.2, -0.15) is 4.31 Å². The van der Waals surface area contributed by atoms with Crippen LogP contribution >= 0.6 is 22.6 Å². The molecule has 0 aromatic heterocycles. The Bertz CT molecular complexity index is 833. The van der Waals surface area contributed by atoms with Gasteiger partial charge < -0.3 is 5.32 Å². The molecule has 0 radical (unpaired) electrons. The van der Waals surface area contributed by atoms with Crippen LogP contribution in [0.15, 0.2) is 53.4 Å². The summed E-state index contributed by atoms with van der Waals surface area (Å²) in [5.74, 6) is -0.347. The zero-order valence-electron chi connectivity index (χ0n) is 13.7. The summed E-state index contributed by atoms with van der Waals surface area (Å²) in [4.78, 5) is 12.5. The van der Waals surface area contributed by atoms with Gasteiger partial charge in [-0.1, -0.05) is 6.07 Å². The van der Waals surface area contributed by atoms with Gasteiger partial charge in [0.15, 0.2) is 0 Å². The topological polar surface area (TPSA) is 66.5 Å². The van der Waals surface area contributed by atoms with Gasteiger partial charge >= 0.3 is 0 Å². The molecule has 5 nitrogen and oxygen atoms in total. The number of carbonyl (C=O) groups is 1. The quantitative estimate of drug-likeness (QED) is 0.697. The normalized spacial score (nSPS) is 11.8. The monoisotopic (exact) mass is 458 g/mol. The first-order chi connectivity index (χ1) is 11.2. The second-order valence-electron chi connectivity index (χ2n) is 5.60. The number of carbonyl (C=O) groups excluding carboxylic acids is 1. The molecule has 2 rings (SSSR count). The minimum Gasteiger partial charge on any atom is -0.322 e. The van der Waals surface area contributed by atoms with Crippen LogP contribution in [0.1, 0.15) is 24.2 Å². The molecule has 1 amide bonds. The van der Waals surface area contributed by atoms with Crippen molar-refractivity contribution in [3.05, 3.63) is 57.7 Å². The lowest BCUT2D eigenvalue weighted by Crippen LogP contribution is -2.33. The smallest absolute Gasteiger partial charge is 0.255 e. The highest BCUT2D eigenvalue weighted by Gasteiger charge is 2.23. The lowest BCUT2D eigenvalue weighted by molar-refractivity contribution is 0.102. The summed E-state index contributed by atoms with van der Waals surface area (Å²) in [5, 5.41) is 2.77. The maximum atomic E-state index is 12.5. The van der Waals surface area contributed by atoms with Gasteiger partial charge in [-0.05, 0) is 78.9 Å². The van der Waals surface area contributed by atoms with Crippen LogP contribution in [0.25, 0.3) is 0 Å². The number of hydrogen-bond acceptors (Lipinski definition) is 3. The molecule has 24 heavy (non-hydrogen) atoms. The fourth-order valence-corrected chi connectivity index (χ4v) is 3.75. The molecule has 128 valence electrons. The van der Waals surface area contributed by atoms with Crippen molar-refractivity contribution >= 4 is 44.2 Å². The van der Waals surface area contributed by atoms with Crippen LogP contribution in [-0.4, -0.2) is 31.7 Å². The highest BCUT2D eigenvalue weighted by atomic mass is 127. The Labute approximate surface area is 156 Å². The first-order valence-corrected chi connectivity index (χ1v) is 9.88. The van der Waals surface area contributed by atoms with E-state index in [4.69, 9.17) is 0 Å². The van der Waals surface area contributed by atoms with E-state index < -0.39 is 10.0 Å². The van der Waals surface area contributed by atoms with Gasteiger partial charge in [-0.15, -0.1) is 0 Å². The summed E-state index contributed by atoms with van der Waals surface area (Å²) >= 11 is 2.18. The van der Waals surface area contributed by atoms with Gasteiger partial charge in [0.05, 0.1) is 4.90 Å². The Morgan fingerprint density at radius 2 is 1.75 bits per heavy atom. The van der Waals surface area contributed by atoms with Gasteiger partial charge in [0.25, 0.3) is 5.91 Å². The molecule has 0 atom stereocenters. The molecule has 0 bridgehead atoms. The zero-order valence-corrected chi connectivity index (χ0v) is 16.6. The maximum Gasteiger partial charge on any atom is 0.255 e. The number of benzene rings is 2. The Balaban J connectivity index is 2.27. The zero-order chi connectivity index (χ0) is 17.9. The molecule has 7 heteroatoms. The highest BCUT2D eigenvalue weighted by Crippen LogP contribution is 2.19. The number of nitrogens with zero attached hydrogens (tertiary/aromatic N) is 1. The van der Waals surface area contributed by atoms with E-state index in [1.807, 2.05) is 12.1 Å². The summed E-state index contributed by atoms with van der Waals surface area (Å²) in [6.07, 6.45) is 0. The third-order valence-corrected chi connectivity index (χ3v) is 6.35. The lowest BCUT2D eigenvalue weighted by atomic mass is 10.2. The van der Waals surface area contributed by atoms with Crippen LogP contribution in [-0.2, 0) is 10.0 Å². The molecule has 0 unspecified atom stereocenters. The molecule has 0 fully saturated rings. The van der Waals surface area contributed by atoms with Gasteiger partial charge in [0.1, 0.15) is 0 Å². The molecule has 0 aliphatic carbocycles. The number of amides is 1. The Kier molecular flexibility index (Phi) is 6.00. The van der Waals surface area contributed by atoms with Crippen LogP contribution in [0.3, 0.4) is 0 Å². The van der Waals surface area contributed by atoms with Crippen molar-refractivity contribution in [1.82, 2.24) is 4.31 Å². The molecular formula is C17H19IN2O3S. The van der Waals surface area contributed by atoms with Gasteiger partial charge in [0.2, 0.25) is 10.0 Å². The van der Waals surface area contributed by atoms with E-state index in [1.54, 1.807) is 38.1 Å². The SMILES string of the molecule is CC(C)N(C)S(=O)(=O)c1cccc(C(=O)Nc2ccc(I)cc2)c1. The summed E-state index contributed by atoms with van der Waals surface area (Å²) in [7, 11) is -2.09. The van der Waals surface area contributed by atoms with E-state index in [-0.39, 0.29) is 16.8 Å². The maximum absolute atomic E-state index is 12.5. The van der Waals surface area contributed by atoms with Gasteiger partial charge in [-0.3, -0.25) is 4.79 Å². The van der Waals surface area contributed by atoms with Crippen molar-refractivity contribution in [3.63, 3.8) is 0 Å². The third-order valence-electron chi connectivity index (χ3n) is 3.60. The van der Waals surface area contributed by atoms with E-state index in [2.05, 4.69) is 27.9 Å². The standard InChI is InChI=1S/C17H19IN2O3S/c1-12(2)20(3)24(22,23)16-6-4-5-13(11-16)17(21)19-15-9-7-14(18)8-10-15/h4-12H,1-3H3,(H,19,21). The molecule has 0 aliphatic heterocycles. The molecule has 0 saturated carbocycles. The van der Waals surface area contributed by atoms with Crippen LogP contribution in [0.4, 0.5) is 5.69 Å². The largest absolute Gasteiger partial charge is 0.322 e. The minimum atomic E-state index is -3.62. The van der Waals surface area contributed by atoms with Crippen LogP contribution in [0.5, 0.6) is 0 Å². The Hall–Kier alpha value is -1.45. The van der Waals surface area contributed by atoms with E-state index in [9.17, 15) is 13.2 Å². The van der Waals surface area contributed by atoms with Crippen molar-refractivity contribution < 1.29 is 13.2 Å². The first kappa shape index (κ1) is 18.9.